The highest BCUT2D eigenvalue weighted by molar-refractivity contribution is 7.09. The second-order valence-electron chi connectivity index (χ2n) is 4.18. The topological polar surface area (TPSA) is 51.2 Å². The minimum absolute atomic E-state index is 0.0935. The van der Waals surface area contributed by atoms with Gasteiger partial charge in [0.1, 0.15) is 5.01 Å². The fraction of sp³-hybridized carbons (Fsp3) is 0.286. The molecular weight excluding hydrogens is 296 g/mol. The van der Waals surface area contributed by atoms with E-state index in [1.54, 1.807) is 7.11 Å². The number of ether oxygens (including phenoxy) is 1. The predicted molar refractivity (Wildman–Crippen MR) is 81.2 cm³/mol. The number of nitrogens with zero attached hydrogens (tertiary/aromatic N) is 1. The molecule has 1 amide bonds. The van der Waals surface area contributed by atoms with E-state index in [0.29, 0.717) is 12.5 Å². The van der Waals surface area contributed by atoms with E-state index in [1.807, 2.05) is 29.6 Å². The van der Waals surface area contributed by atoms with Crippen molar-refractivity contribution in [2.75, 3.05) is 12.4 Å². The Morgan fingerprint density at radius 1 is 1.45 bits per heavy atom. The first-order valence-corrected chi connectivity index (χ1v) is 7.50. The van der Waals surface area contributed by atoms with Crippen LogP contribution in [0.1, 0.15) is 16.3 Å². The number of rotatable bonds is 6. The molecule has 0 saturated heterocycles. The Morgan fingerprint density at radius 2 is 2.25 bits per heavy atom. The SMILES string of the molecule is COCc1ccccc1NC(=O)Cc1nc(CCl)cs1. The molecule has 2 aromatic rings. The fourth-order valence-corrected chi connectivity index (χ4v) is 2.77. The van der Waals surface area contributed by atoms with Gasteiger partial charge in [-0.05, 0) is 6.07 Å². The Morgan fingerprint density at radius 3 is 2.95 bits per heavy atom. The monoisotopic (exact) mass is 310 g/mol. The minimum atomic E-state index is -0.0935. The maximum Gasteiger partial charge on any atom is 0.231 e. The van der Waals surface area contributed by atoms with Crippen LogP contribution in [-0.4, -0.2) is 18.0 Å². The molecule has 1 N–H and O–H groups in total. The highest BCUT2D eigenvalue weighted by Gasteiger charge is 2.10. The zero-order valence-electron chi connectivity index (χ0n) is 11.1. The van der Waals surface area contributed by atoms with Crippen molar-refractivity contribution in [3.8, 4) is 0 Å². The fourth-order valence-electron chi connectivity index (χ4n) is 1.75. The normalized spacial score (nSPS) is 10.5. The van der Waals surface area contributed by atoms with Gasteiger partial charge in [0.15, 0.2) is 0 Å². The highest BCUT2D eigenvalue weighted by atomic mass is 35.5. The Hall–Kier alpha value is -1.43. The van der Waals surface area contributed by atoms with Crippen molar-refractivity contribution in [2.24, 2.45) is 0 Å². The van der Waals surface area contributed by atoms with Gasteiger partial charge in [-0.2, -0.15) is 0 Å². The summed E-state index contributed by atoms with van der Waals surface area (Å²) in [5.41, 5.74) is 2.52. The smallest absolute Gasteiger partial charge is 0.231 e. The summed E-state index contributed by atoms with van der Waals surface area (Å²) in [6.45, 7) is 0.462. The van der Waals surface area contributed by atoms with Crippen molar-refractivity contribution < 1.29 is 9.53 Å². The van der Waals surface area contributed by atoms with Crippen molar-refractivity contribution >= 4 is 34.5 Å². The van der Waals surface area contributed by atoms with Crippen LogP contribution in [0, 0.1) is 0 Å². The molecule has 4 nitrogen and oxygen atoms in total. The summed E-state index contributed by atoms with van der Waals surface area (Å²) >= 11 is 7.14. The van der Waals surface area contributed by atoms with Crippen LogP contribution in [-0.2, 0) is 28.4 Å². The van der Waals surface area contributed by atoms with E-state index in [9.17, 15) is 4.79 Å². The average molecular weight is 311 g/mol. The molecule has 0 aliphatic heterocycles. The number of halogens is 1. The molecule has 0 spiro atoms. The molecule has 0 radical (unpaired) electrons. The summed E-state index contributed by atoms with van der Waals surface area (Å²) < 4.78 is 5.11. The van der Waals surface area contributed by atoms with Gasteiger partial charge in [-0.1, -0.05) is 18.2 Å². The number of nitrogens with one attached hydrogen (secondary N) is 1. The van der Waals surface area contributed by atoms with E-state index in [0.717, 1.165) is 22.0 Å². The molecule has 0 aliphatic carbocycles. The first-order chi connectivity index (χ1) is 9.72. The minimum Gasteiger partial charge on any atom is -0.380 e. The quantitative estimate of drug-likeness (QED) is 0.834. The standard InChI is InChI=1S/C14H15ClN2O2S/c1-19-8-10-4-2-3-5-12(10)17-13(18)6-14-16-11(7-15)9-20-14/h2-5,9H,6-8H2,1H3,(H,17,18). The number of anilines is 1. The second kappa shape index (κ2) is 7.38. The van der Waals surface area contributed by atoms with Crippen LogP contribution < -0.4 is 5.32 Å². The van der Waals surface area contributed by atoms with Gasteiger partial charge in [-0.25, -0.2) is 4.98 Å². The molecule has 0 saturated carbocycles. The van der Waals surface area contributed by atoms with Crippen molar-refractivity contribution in [2.45, 2.75) is 18.9 Å². The van der Waals surface area contributed by atoms with E-state index in [2.05, 4.69) is 10.3 Å². The van der Waals surface area contributed by atoms with Gasteiger partial charge in [0.25, 0.3) is 0 Å². The van der Waals surface area contributed by atoms with Gasteiger partial charge >= 0.3 is 0 Å². The molecule has 2 rings (SSSR count). The third-order valence-electron chi connectivity index (χ3n) is 2.64. The number of benzene rings is 1. The van der Waals surface area contributed by atoms with E-state index in [4.69, 9.17) is 16.3 Å². The van der Waals surface area contributed by atoms with Crippen LogP contribution in [0.2, 0.25) is 0 Å². The summed E-state index contributed by atoms with van der Waals surface area (Å²) in [7, 11) is 1.63. The third kappa shape index (κ3) is 4.03. The van der Waals surface area contributed by atoms with Crippen molar-refractivity contribution in [3.63, 3.8) is 0 Å². The zero-order chi connectivity index (χ0) is 14.4. The maximum atomic E-state index is 12.0. The predicted octanol–water partition coefficient (Wildman–Crippen LogP) is 3.21. The number of carbonyl (C=O) groups is 1. The van der Waals surface area contributed by atoms with Crippen molar-refractivity contribution in [1.29, 1.82) is 0 Å². The van der Waals surface area contributed by atoms with Crippen LogP contribution in [0.3, 0.4) is 0 Å². The summed E-state index contributed by atoms with van der Waals surface area (Å²) in [5, 5.41) is 5.52. The number of alkyl halides is 1. The zero-order valence-corrected chi connectivity index (χ0v) is 12.6. The maximum absolute atomic E-state index is 12.0. The second-order valence-corrected chi connectivity index (χ2v) is 5.39. The molecule has 6 heteroatoms. The summed E-state index contributed by atoms with van der Waals surface area (Å²) in [6, 6.07) is 7.58. The van der Waals surface area contributed by atoms with E-state index in [1.165, 1.54) is 11.3 Å². The van der Waals surface area contributed by atoms with Crippen LogP contribution in [0.4, 0.5) is 5.69 Å². The van der Waals surface area contributed by atoms with Gasteiger partial charge in [0.2, 0.25) is 5.91 Å². The van der Waals surface area contributed by atoms with Crippen molar-refractivity contribution in [3.05, 3.63) is 45.9 Å². The van der Waals surface area contributed by atoms with Crippen LogP contribution in [0.25, 0.3) is 0 Å². The molecule has 20 heavy (non-hydrogen) atoms. The van der Waals surface area contributed by atoms with Crippen molar-refractivity contribution in [1.82, 2.24) is 4.98 Å². The molecule has 0 fully saturated rings. The number of thiazole rings is 1. The first kappa shape index (κ1) is 15.0. The van der Waals surface area contributed by atoms with Gasteiger partial charge in [0, 0.05) is 23.7 Å². The van der Waals surface area contributed by atoms with E-state index < -0.39 is 0 Å². The largest absolute Gasteiger partial charge is 0.380 e. The first-order valence-electron chi connectivity index (χ1n) is 6.09. The molecule has 0 bridgehead atoms. The number of hydrogen-bond acceptors (Lipinski definition) is 4. The number of amides is 1. The average Bonchev–Trinajstić information content (AvgIpc) is 2.89. The number of methoxy groups -OCH3 is 1. The molecule has 0 unspecified atom stereocenters. The number of hydrogen-bond donors (Lipinski definition) is 1. The molecule has 1 aromatic heterocycles. The highest BCUT2D eigenvalue weighted by Crippen LogP contribution is 2.17. The van der Waals surface area contributed by atoms with Crippen LogP contribution in [0.15, 0.2) is 29.6 Å². The molecule has 0 atom stereocenters. The lowest BCUT2D eigenvalue weighted by Crippen LogP contribution is -2.15. The van der Waals surface area contributed by atoms with Gasteiger partial charge < -0.3 is 10.1 Å². The Kier molecular flexibility index (Phi) is 5.52. The van der Waals surface area contributed by atoms with E-state index in [-0.39, 0.29) is 12.3 Å². The van der Waals surface area contributed by atoms with Crippen LogP contribution >= 0.6 is 22.9 Å². The van der Waals surface area contributed by atoms with Gasteiger partial charge in [0.05, 0.1) is 24.6 Å². The Balaban J connectivity index is 2.00. The van der Waals surface area contributed by atoms with Gasteiger partial charge in [-0.3, -0.25) is 4.79 Å². The molecule has 106 valence electrons. The third-order valence-corrected chi connectivity index (χ3v) is 3.81. The molecule has 1 aromatic carbocycles. The summed E-state index contributed by atoms with van der Waals surface area (Å²) in [6.07, 6.45) is 0.253. The summed E-state index contributed by atoms with van der Waals surface area (Å²) in [5.74, 6) is 0.276. The lowest BCUT2D eigenvalue weighted by molar-refractivity contribution is -0.115. The Bertz CT molecular complexity index is 586. The van der Waals surface area contributed by atoms with Crippen LogP contribution in [0.5, 0.6) is 0 Å². The number of para-hydroxylation sites is 1. The lowest BCUT2D eigenvalue weighted by atomic mass is 10.2. The lowest BCUT2D eigenvalue weighted by Gasteiger charge is -2.09. The van der Waals surface area contributed by atoms with E-state index >= 15 is 0 Å². The van der Waals surface area contributed by atoms with Gasteiger partial charge in [-0.15, -0.1) is 22.9 Å². The molecular formula is C14H15ClN2O2S. The Labute approximate surface area is 126 Å². The summed E-state index contributed by atoms with van der Waals surface area (Å²) in [4.78, 5) is 16.3. The molecule has 0 aliphatic rings. The number of carbonyl (C=O) groups excluding carboxylic acids is 1. The molecule has 1 heterocycles. The number of aromatic nitrogens is 1.